The second kappa shape index (κ2) is 9.10. The van der Waals surface area contributed by atoms with Crippen LogP contribution >= 0.6 is 11.6 Å². The lowest BCUT2D eigenvalue weighted by atomic mass is 10.1. The smallest absolute Gasteiger partial charge is 0.311 e. The van der Waals surface area contributed by atoms with Crippen molar-refractivity contribution in [3.8, 4) is 11.5 Å². The highest BCUT2D eigenvalue weighted by atomic mass is 35.5. The lowest BCUT2D eigenvalue weighted by molar-refractivity contribution is -0.152. The molecule has 0 aliphatic rings. The quantitative estimate of drug-likeness (QED) is 0.748. The molecule has 0 unspecified atom stereocenters. The molecule has 1 amide bonds. The number of rotatable bonds is 7. The second-order valence-electron chi connectivity index (χ2n) is 5.46. The van der Waals surface area contributed by atoms with Gasteiger partial charge >= 0.3 is 5.97 Å². The van der Waals surface area contributed by atoms with Crippen molar-refractivity contribution < 1.29 is 23.8 Å². The van der Waals surface area contributed by atoms with Crippen LogP contribution in [0, 0.1) is 0 Å². The molecule has 0 heterocycles. The molecule has 0 radical (unpaired) electrons. The number of nitrogens with one attached hydrogen (secondary N) is 1. The van der Waals surface area contributed by atoms with Crippen molar-refractivity contribution in [2.24, 2.45) is 0 Å². The number of esters is 1. The summed E-state index contributed by atoms with van der Waals surface area (Å²) in [5.74, 6) is 0.115. The zero-order valence-corrected chi connectivity index (χ0v) is 15.5. The van der Waals surface area contributed by atoms with Crippen molar-refractivity contribution in [2.75, 3.05) is 19.5 Å². The van der Waals surface area contributed by atoms with Gasteiger partial charge in [-0.25, -0.2) is 0 Å². The third-order valence-electron chi connectivity index (χ3n) is 3.64. The molecule has 2 aromatic carbocycles. The first-order valence-electron chi connectivity index (χ1n) is 7.90. The average Bonchev–Trinajstić information content (AvgIpc) is 2.63. The van der Waals surface area contributed by atoms with Crippen LogP contribution in [0.25, 0.3) is 0 Å². The molecule has 138 valence electrons. The summed E-state index contributed by atoms with van der Waals surface area (Å²) >= 11 is 6.00. The summed E-state index contributed by atoms with van der Waals surface area (Å²) in [6.45, 7) is 1.50. The number of methoxy groups -OCH3 is 2. The number of para-hydroxylation sites is 1. The Morgan fingerprint density at radius 3 is 2.50 bits per heavy atom. The van der Waals surface area contributed by atoms with Crippen molar-refractivity contribution >= 4 is 29.2 Å². The maximum absolute atomic E-state index is 12.2. The van der Waals surface area contributed by atoms with Gasteiger partial charge in [-0.3, -0.25) is 9.59 Å². The number of carbonyl (C=O) groups excluding carboxylic acids is 2. The summed E-state index contributed by atoms with van der Waals surface area (Å²) in [5, 5.41) is 3.03. The topological polar surface area (TPSA) is 73.9 Å². The summed E-state index contributed by atoms with van der Waals surface area (Å²) < 4.78 is 15.6. The van der Waals surface area contributed by atoms with Gasteiger partial charge in [-0.2, -0.15) is 0 Å². The van der Waals surface area contributed by atoms with E-state index in [1.807, 2.05) is 0 Å². The fourth-order valence-corrected chi connectivity index (χ4v) is 2.43. The number of amides is 1. The minimum Gasteiger partial charge on any atom is -0.497 e. The molecule has 0 spiro atoms. The zero-order valence-electron chi connectivity index (χ0n) is 14.7. The number of halogens is 1. The van der Waals surface area contributed by atoms with Gasteiger partial charge < -0.3 is 19.5 Å². The SMILES string of the molecule is COc1ccc(CC(=O)O[C@H](C)C(=O)Nc2ccccc2Cl)c(OC)c1. The van der Waals surface area contributed by atoms with Gasteiger partial charge in [0.2, 0.25) is 0 Å². The van der Waals surface area contributed by atoms with Crippen molar-refractivity contribution in [2.45, 2.75) is 19.4 Å². The zero-order chi connectivity index (χ0) is 19.1. The van der Waals surface area contributed by atoms with Gasteiger partial charge in [-0.05, 0) is 25.1 Å². The van der Waals surface area contributed by atoms with Crippen LogP contribution in [0.15, 0.2) is 42.5 Å². The van der Waals surface area contributed by atoms with E-state index in [1.165, 1.54) is 14.0 Å². The molecular weight excluding hydrogens is 358 g/mol. The molecule has 0 fully saturated rings. The first-order valence-corrected chi connectivity index (χ1v) is 8.28. The first kappa shape index (κ1) is 19.6. The molecule has 7 heteroatoms. The van der Waals surface area contributed by atoms with Crippen LogP contribution in [-0.4, -0.2) is 32.2 Å². The Hall–Kier alpha value is -2.73. The predicted octanol–water partition coefficient (Wildman–Crippen LogP) is 3.47. The van der Waals surface area contributed by atoms with Gasteiger partial charge in [-0.15, -0.1) is 0 Å². The molecule has 1 atom stereocenters. The molecule has 0 aliphatic carbocycles. The largest absolute Gasteiger partial charge is 0.497 e. The Morgan fingerprint density at radius 1 is 1.12 bits per heavy atom. The highest BCUT2D eigenvalue weighted by molar-refractivity contribution is 6.33. The Kier molecular flexibility index (Phi) is 6.86. The Balaban J connectivity index is 1.96. The van der Waals surface area contributed by atoms with Crippen LogP contribution in [0.5, 0.6) is 11.5 Å². The summed E-state index contributed by atoms with van der Waals surface area (Å²) in [7, 11) is 3.05. The fourth-order valence-electron chi connectivity index (χ4n) is 2.24. The van der Waals surface area contributed by atoms with E-state index in [9.17, 15) is 9.59 Å². The van der Waals surface area contributed by atoms with E-state index in [0.717, 1.165) is 0 Å². The third-order valence-corrected chi connectivity index (χ3v) is 3.97. The van der Waals surface area contributed by atoms with E-state index in [-0.39, 0.29) is 6.42 Å². The number of carbonyl (C=O) groups is 2. The van der Waals surface area contributed by atoms with E-state index in [1.54, 1.807) is 49.6 Å². The van der Waals surface area contributed by atoms with Crippen LogP contribution in [0.4, 0.5) is 5.69 Å². The normalized spacial score (nSPS) is 11.4. The Morgan fingerprint density at radius 2 is 1.85 bits per heavy atom. The fraction of sp³-hybridized carbons (Fsp3) is 0.263. The van der Waals surface area contributed by atoms with Gasteiger partial charge in [0.1, 0.15) is 11.5 Å². The van der Waals surface area contributed by atoms with Crippen molar-refractivity contribution in [1.29, 1.82) is 0 Å². The predicted molar refractivity (Wildman–Crippen MR) is 98.9 cm³/mol. The minimum atomic E-state index is -0.969. The molecule has 0 aliphatic heterocycles. The highest BCUT2D eigenvalue weighted by Crippen LogP contribution is 2.25. The molecule has 2 rings (SSSR count). The molecule has 0 saturated heterocycles. The van der Waals surface area contributed by atoms with Crippen molar-refractivity contribution in [3.63, 3.8) is 0 Å². The van der Waals surface area contributed by atoms with Crippen LogP contribution in [0.2, 0.25) is 5.02 Å². The minimum absolute atomic E-state index is 0.0309. The second-order valence-corrected chi connectivity index (χ2v) is 5.86. The summed E-state index contributed by atoms with van der Waals surface area (Å²) in [5.41, 5.74) is 1.09. The number of anilines is 1. The van der Waals surface area contributed by atoms with Gasteiger partial charge in [0.05, 0.1) is 31.4 Å². The highest BCUT2D eigenvalue weighted by Gasteiger charge is 2.20. The van der Waals surface area contributed by atoms with Gasteiger partial charge in [0, 0.05) is 11.6 Å². The Labute approximate surface area is 157 Å². The van der Waals surface area contributed by atoms with E-state index in [4.69, 9.17) is 25.8 Å². The molecule has 26 heavy (non-hydrogen) atoms. The molecule has 6 nitrogen and oxygen atoms in total. The maximum Gasteiger partial charge on any atom is 0.311 e. The Bertz CT molecular complexity index is 793. The van der Waals surface area contributed by atoms with E-state index < -0.39 is 18.0 Å². The maximum atomic E-state index is 12.2. The first-order chi connectivity index (χ1) is 12.4. The van der Waals surface area contributed by atoms with E-state index in [2.05, 4.69) is 5.32 Å². The van der Waals surface area contributed by atoms with E-state index >= 15 is 0 Å². The van der Waals surface area contributed by atoms with Crippen LogP contribution < -0.4 is 14.8 Å². The van der Waals surface area contributed by atoms with Crippen LogP contribution in [-0.2, 0) is 20.7 Å². The molecule has 0 aromatic heterocycles. The summed E-state index contributed by atoms with van der Waals surface area (Å²) in [4.78, 5) is 24.3. The van der Waals surface area contributed by atoms with Crippen molar-refractivity contribution in [1.82, 2.24) is 0 Å². The van der Waals surface area contributed by atoms with E-state index in [0.29, 0.717) is 27.8 Å². The molecule has 1 N–H and O–H groups in total. The molecule has 2 aromatic rings. The lowest BCUT2D eigenvalue weighted by Gasteiger charge is -2.15. The number of hydrogen-bond acceptors (Lipinski definition) is 5. The summed E-state index contributed by atoms with van der Waals surface area (Å²) in [6.07, 6.45) is -1.00. The molecular formula is C19H20ClNO5. The monoisotopic (exact) mass is 377 g/mol. The molecule has 0 bridgehead atoms. The number of hydrogen-bond donors (Lipinski definition) is 1. The standard InChI is InChI=1S/C19H20ClNO5/c1-12(19(23)21-16-7-5-4-6-15(16)20)26-18(22)10-13-8-9-14(24-2)11-17(13)25-3/h4-9,11-12H,10H2,1-3H3,(H,21,23)/t12-/m1/s1. The number of benzene rings is 2. The lowest BCUT2D eigenvalue weighted by Crippen LogP contribution is -2.30. The van der Waals surface area contributed by atoms with Crippen LogP contribution in [0.1, 0.15) is 12.5 Å². The van der Waals surface area contributed by atoms with Crippen molar-refractivity contribution in [3.05, 3.63) is 53.1 Å². The molecule has 0 saturated carbocycles. The van der Waals surface area contributed by atoms with Gasteiger partial charge in [-0.1, -0.05) is 29.8 Å². The van der Waals surface area contributed by atoms with Gasteiger partial charge in [0.25, 0.3) is 5.91 Å². The number of ether oxygens (including phenoxy) is 3. The third kappa shape index (κ3) is 5.13. The summed E-state index contributed by atoms with van der Waals surface area (Å²) in [6, 6.07) is 11.9. The average molecular weight is 378 g/mol. The van der Waals surface area contributed by atoms with Crippen LogP contribution in [0.3, 0.4) is 0 Å². The van der Waals surface area contributed by atoms with Gasteiger partial charge in [0.15, 0.2) is 6.10 Å².